The van der Waals surface area contributed by atoms with Gasteiger partial charge in [0.15, 0.2) is 11.5 Å². The molecule has 3 rings (SSSR count). The van der Waals surface area contributed by atoms with Crippen LogP contribution in [0.4, 0.5) is 5.82 Å². The summed E-state index contributed by atoms with van der Waals surface area (Å²) in [5.41, 5.74) is 6.86. The Morgan fingerprint density at radius 3 is 2.57 bits per heavy atom. The van der Waals surface area contributed by atoms with Crippen molar-refractivity contribution in [2.45, 2.75) is 77.5 Å². The Morgan fingerprint density at radius 1 is 1.16 bits per heavy atom. The van der Waals surface area contributed by atoms with Gasteiger partial charge < -0.3 is 29.0 Å². The van der Waals surface area contributed by atoms with Crippen LogP contribution in [0, 0.1) is 0 Å². The average molecular weight is 541 g/mol. The topological polar surface area (TPSA) is 170 Å². The van der Waals surface area contributed by atoms with Crippen LogP contribution in [0.5, 0.6) is 0 Å². The molecule has 3 heterocycles. The minimum absolute atomic E-state index is 0.00967. The van der Waals surface area contributed by atoms with E-state index in [1.807, 2.05) is 13.8 Å². The summed E-state index contributed by atoms with van der Waals surface area (Å²) in [6.07, 6.45) is 7.12. The summed E-state index contributed by atoms with van der Waals surface area (Å²) in [6.45, 7) is 4.89. The summed E-state index contributed by atoms with van der Waals surface area (Å²) < 4.78 is 37.1. The van der Waals surface area contributed by atoms with Crippen LogP contribution in [0.15, 0.2) is 12.7 Å². The van der Waals surface area contributed by atoms with Crippen molar-refractivity contribution in [3.8, 4) is 0 Å². The van der Waals surface area contributed by atoms with Crippen molar-refractivity contribution in [3.05, 3.63) is 12.7 Å². The van der Waals surface area contributed by atoms with E-state index in [1.54, 1.807) is 10.9 Å². The maximum atomic E-state index is 13.3. The third kappa shape index (κ3) is 8.74. The van der Waals surface area contributed by atoms with E-state index >= 15 is 0 Å². The monoisotopic (exact) mass is 540 g/mol. The van der Waals surface area contributed by atoms with E-state index in [0.29, 0.717) is 24.1 Å². The zero-order valence-electron chi connectivity index (χ0n) is 21.5. The highest BCUT2D eigenvalue weighted by Gasteiger charge is 2.38. The molecule has 0 aliphatic carbocycles. The molecule has 1 fully saturated rings. The number of nitrogens with zero attached hydrogens (tertiary/aromatic N) is 4. The van der Waals surface area contributed by atoms with Crippen LogP contribution in [0.1, 0.15) is 58.8 Å². The van der Waals surface area contributed by atoms with Crippen molar-refractivity contribution in [3.63, 3.8) is 0 Å². The number of hydrogen-bond donors (Lipinski definition) is 2. The van der Waals surface area contributed by atoms with Gasteiger partial charge in [-0.2, -0.15) is 0 Å². The molecule has 0 saturated carbocycles. The number of imidazole rings is 1. The first-order valence-electron chi connectivity index (χ1n) is 12.7. The quantitative estimate of drug-likeness (QED) is 0.193. The lowest BCUT2D eigenvalue weighted by Gasteiger charge is -2.31. The van der Waals surface area contributed by atoms with Gasteiger partial charge in [-0.1, -0.05) is 39.5 Å². The molecular weight excluding hydrogens is 503 g/mol. The number of nitrogens with one attached hydrogen (secondary N) is 1. The van der Waals surface area contributed by atoms with E-state index in [2.05, 4.69) is 20.0 Å². The maximum absolute atomic E-state index is 13.3. The molecule has 37 heavy (non-hydrogen) atoms. The number of nitrogens with two attached hydrogens (primary N) is 1. The molecule has 0 radical (unpaired) electrons. The van der Waals surface area contributed by atoms with E-state index in [1.165, 1.54) is 6.33 Å². The molecule has 1 saturated heterocycles. The van der Waals surface area contributed by atoms with Crippen molar-refractivity contribution in [2.75, 3.05) is 31.9 Å². The molecule has 3 N–H and O–H groups in total. The number of anilines is 1. The highest BCUT2D eigenvalue weighted by molar-refractivity contribution is 7.56. The van der Waals surface area contributed by atoms with Crippen LogP contribution in [0.2, 0.25) is 0 Å². The predicted molar refractivity (Wildman–Crippen MR) is 136 cm³/mol. The van der Waals surface area contributed by atoms with Crippen LogP contribution >= 0.6 is 7.52 Å². The zero-order chi connectivity index (χ0) is 26.7. The lowest BCUT2D eigenvalue weighted by molar-refractivity contribution is -0.152. The van der Waals surface area contributed by atoms with Gasteiger partial charge >= 0.3 is 11.9 Å². The number of ether oxygens (including phenoxy) is 3. The molecule has 3 atom stereocenters. The Labute approximate surface area is 216 Å². The molecular formula is C23H37N6O7P. The molecule has 0 bridgehead atoms. The molecule has 14 heteroatoms. The van der Waals surface area contributed by atoms with Crippen LogP contribution in [0.3, 0.4) is 0 Å². The van der Waals surface area contributed by atoms with Crippen molar-refractivity contribution in [1.29, 1.82) is 0 Å². The summed E-state index contributed by atoms with van der Waals surface area (Å²) in [4.78, 5) is 37.4. The Morgan fingerprint density at radius 2 is 1.89 bits per heavy atom. The molecule has 0 aromatic carbocycles. The van der Waals surface area contributed by atoms with Crippen molar-refractivity contribution < 1.29 is 32.9 Å². The number of carbonyl (C=O) groups excluding carboxylic acids is 2. The summed E-state index contributed by atoms with van der Waals surface area (Å²) in [5.74, 6) is -0.978. The van der Waals surface area contributed by atoms with Gasteiger partial charge in [0.2, 0.25) is 0 Å². The van der Waals surface area contributed by atoms with E-state index in [9.17, 15) is 14.2 Å². The smallest absolute Gasteiger partial charge is 0.324 e. The first kappa shape index (κ1) is 29.0. The summed E-state index contributed by atoms with van der Waals surface area (Å²) in [6, 6.07) is -1.18. The van der Waals surface area contributed by atoms with E-state index in [-0.39, 0.29) is 38.4 Å². The largest absolute Gasteiger partial charge is 0.466 e. The van der Waals surface area contributed by atoms with E-state index < -0.39 is 31.6 Å². The standard InChI is InChI=1S/C23H37N6O7P/c1-3-5-7-9-33-19(30)11-18(23(31)34-10-8-6-4-2)28-37(32)16-35-17(13-36-37)12-29-15-27-20-21(24)25-14-26-22(20)29/h14-15,17-18H,3-13,16H2,1-2H3,(H,28,32)(H2,24,25,26)/t17?,18-,37?/m0/s1. The number of esters is 2. The fourth-order valence-corrected chi connectivity index (χ4v) is 5.44. The minimum Gasteiger partial charge on any atom is -0.466 e. The van der Waals surface area contributed by atoms with Gasteiger partial charge in [-0.3, -0.25) is 14.2 Å². The molecule has 13 nitrogen and oxygen atoms in total. The molecule has 0 spiro atoms. The van der Waals surface area contributed by atoms with E-state index in [0.717, 1.165) is 32.1 Å². The lowest BCUT2D eigenvalue weighted by Crippen LogP contribution is -2.42. The number of rotatable bonds is 15. The Hall–Kier alpha value is -2.60. The molecule has 1 aliphatic heterocycles. The van der Waals surface area contributed by atoms with Crippen molar-refractivity contribution in [2.24, 2.45) is 0 Å². The number of unbranched alkanes of at least 4 members (excludes halogenated alkanes) is 4. The predicted octanol–water partition coefficient (Wildman–Crippen LogP) is 2.79. The third-order valence-corrected chi connectivity index (χ3v) is 7.55. The summed E-state index contributed by atoms with van der Waals surface area (Å²) >= 11 is 0. The molecule has 206 valence electrons. The lowest BCUT2D eigenvalue weighted by atomic mass is 10.2. The molecule has 2 aromatic heterocycles. The summed E-state index contributed by atoms with van der Waals surface area (Å²) in [7, 11) is -3.60. The second-order valence-electron chi connectivity index (χ2n) is 8.90. The first-order valence-corrected chi connectivity index (χ1v) is 14.5. The van der Waals surface area contributed by atoms with Gasteiger partial charge in [-0.05, 0) is 12.8 Å². The van der Waals surface area contributed by atoms with Crippen LogP contribution < -0.4 is 10.8 Å². The number of nitrogen functional groups attached to an aromatic ring is 1. The minimum atomic E-state index is -3.60. The van der Waals surface area contributed by atoms with Gasteiger partial charge in [0.1, 0.15) is 30.3 Å². The molecule has 1 aliphatic rings. The highest BCUT2D eigenvalue weighted by atomic mass is 31.2. The maximum Gasteiger partial charge on any atom is 0.324 e. The molecule has 0 amide bonds. The van der Waals surface area contributed by atoms with Crippen LogP contribution in [0.25, 0.3) is 11.2 Å². The average Bonchev–Trinajstić information content (AvgIpc) is 3.29. The summed E-state index contributed by atoms with van der Waals surface area (Å²) in [5, 5.41) is 2.70. The van der Waals surface area contributed by atoms with Gasteiger partial charge in [0, 0.05) is 0 Å². The number of fused-ring (bicyclic) bond motifs is 1. The Kier molecular flexibility index (Phi) is 11.2. The molecule has 2 aromatic rings. The van der Waals surface area contributed by atoms with Gasteiger partial charge in [-0.25, -0.2) is 20.0 Å². The fraction of sp³-hybridized carbons (Fsp3) is 0.696. The number of carbonyl (C=O) groups is 2. The van der Waals surface area contributed by atoms with Gasteiger partial charge in [-0.15, -0.1) is 0 Å². The second-order valence-corrected chi connectivity index (χ2v) is 11.0. The SMILES string of the molecule is CCCCCOC(=O)C[C@H](NP1(=O)COC(Cn2cnc3c(N)ncnc32)CO1)C(=O)OCCCCC. The Bertz CT molecular complexity index is 1070. The fourth-order valence-electron chi connectivity index (χ4n) is 3.73. The van der Waals surface area contributed by atoms with Crippen molar-refractivity contribution in [1.82, 2.24) is 24.6 Å². The zero-order valence-corrected chi connectivity index (χ0v) is 22.4. The van der Waals surface area contributed by atoms with Gasteiger partial charge in [0.05, 0.1) is 39.1 Å². The number of aromatic nitrogens is 4. The van der Waals surface area contributed by atoms with Crippen LogP contribution in [-0.2, 0) is 39.4 Å². The Balaban J connectivity index is 1.57. The third-order valence-electron chi connectivity index (χ3n) is 5.79. The van der Waals surface area contributed by atoms with Crippen LogP contribution in [-0.4, -0.2) is 69.8 Å². The highest BCUT2D eigenvalue weighted by Crippen LogP contribution is 2.46. The van der Waals surface area contributed by atoms with Gasteiger partial charge in [0.25, 0.3) is 7.52 Å². The van der Waals surface area contributed by atoms with Crippen molar-refractivity contribution >= 4 is 36.4 Å². The second kappa shape index (κ2) is 14.4. The van der Waals surface area contributed by atoms with E-state index in [4.69, 9.17) is 24.5 Å². The molecule has 2 unspecified atom stereocenters. The first-order chi connectivity index (χ1) is 17.8. The normalized spacial score (nSPS) is 20.5. The number of hydrogen-bond acceptors (Lipinski definition) is 11.